The van der Waals surface area contributed by atoms with Crippen LogP contribution in [0.2, 0.25) is 5.02 Å². The van der Waals surface area contributed by atoms with E-state index < -0.39 is 11.4 Å². The van der Waals surface area contributed by atoms with Gasteiger partial charge in [0.25, 0.3) is 0 Å². The molecule has 3 aromatic rings. The van der Waals surface area contributed by atoms with Gasteiger partial charge in [-0.05, 0) is 49.4 Å². The maximum atomic E-state index is 13.5. The Kier molecular flexibility index (Phi) is 8.16. The van der Waals surface area contributed by atoms with E-state index in [4.69, 9.17) is 16.3 Å². The number of nitrogens with zero attached hydrogens (tertiary/aromatic N) is 4. The Morgan fingerprint density at radius 2 is 1.69 bits per heavy atom. The van der Waals surface area contributed by atoms with Crippen LogP contribution in [0, 0.1) is 0 Å². The molecule has 1 unspecified atom stereocenters. The number of aryl methyl sites for hydroxylation is 1. The van der Waals surface area contributed by atoms with Crippen molar-refractivity contribution >= 4 is 28.7 Å². The highest BCUT2D eigenvalue weighted by Crippen LogP contribution is 2.30. The van der Waals surface area contributed by atoms with E-state index in [0.29, 0.717) is 54.8 Å². The molecule has 2 heterocycles. The highest BCUT2D eigenvalue weighted by Gasteiger charge is 2.30. The third-order valence-electron chi connectivity index (χ3n) is 6.87. The fraction of sp³-hybridized carbons (Fsp3) is 0.407. The summed E-state index contributed by atoms with van der Waals surface area (Å²) in [6, 6.07) is 17.1. The van der Waals surface area contributed by atoms with Crippen LogP contribution < -0.4 is 15.2 Å². The monoisotopic (exact) mass is 526 g/mol. The van der Waals surface area contributed by atoms with Crippen molar-refractivity contribution in [3.05, 3.63) is 81.7 Å². The van der Waals surface area contributed by atoms with Crippen LogP contribution >= 0.6 is 11.6 Å². The maximum absolute atomic E-state index is 13.5. The highest BCUT2D eigenvalue weighted by molar-refractivity contribution is 7.89. The Labute approximate surface area is 219 Å². The van der Waals surface area contributed by atoms with Crippen LogP contribution in [-0.4, -0.2) is 56.7 Å². The number of benzene rings is 2. The smallest absolute Gasteiger partial charge is 0.316 e. The molecule has 1 atom stereocenters. The van der Waals surface area contributed by atoms with Gasteiger partial charge < -0.3 is 14.2 Å². The summed E-state index contributed by atoms with van der Waals surface area (Å²) in [7, 11) is 0. The summed E-state index contributed by atoms with van der Waals surface area (Å²) >= 11 is 5.16. The summed E-state index contributed by atoms with van der Waals surface area (Å²) in [4.78, 5) is 15.7. The number of para-hydroxylation sites is 1. The van der Waals surface area contributed by atoms with Gasteiger partial charge in [-0.1, -0.05) is 48.0 Å². The third kappa shape index (κ3) is 5.72. The number of hydrogen-bond acceptors (Lipinski definition) is 6. The molecule has 1 saturated carbocycles. The zero-order valence-corrected chi connectivity index (χ0v) is 21.8. The Morgan fingerprint density at radius 1 is 1.00 bits per heavy atom. The number of rotatable bonds is 8. The van der Waals surface area contributed by atoms with Crippen molar-refractivity contribution in [3.63, 3.8) is 0 Å². The first-order valence-corrected chi connectivity index (χ1v) is 14.2. The van der Waals surface area contributed by atoms with Crippen LogP contribution in [0.4, 0.5) is 5.69 Å². The first kappa shape index (κ1) is 25.1. The van der Waals surface area contributed by atoms with Gasteiger partial charge in [-0.25, -0.2) is 0 Å². The van der Waals surface area contributed by atoms with Crippen molar-refractivity contribution < 1.29 is 9.29 Å². The second kappa shape index (κ2) is 11.7. The van der Waals surface area contributed by atoms with E-state index in [1.165, 1.54) is 4.68 Å². The van der Waals surface area contributed by atoms with Gasteiger partial charge in [0.2, 0.25) is 5.75 Å². The summed E-state index contributed by atoms with van der Waals surface area (Å²) in [5.74, 6) is 0.906. The van der Waals surface area contributed by atoms with Crippen LogP contribution in [0.15, 0.2) is 65.6 Å². The topological polar surface area (TPSA) is 73.7 Å². The van der Waals surface area contributed by atoms with E-state index in [-0.39, 0.29) is 11.7 Å². The molecule has 5 rings (SSSR count). The van der Waals surface area contributed by atoms with Gasteiger partial charge in [0.15, 0.2) is 0 Å². The lowest BCUT2D eigenvalue weighted by molar-refractivity contribution is 0.205. The number of piperazine rings is 1. The fourth-order valence-corrected chi connectivity index (χ4v) is 6.30. The van der Waals surface area contributed by atoms with E-state index in [1.807, 2.05) is 58.9 Å². The predicted molar refractivity (Wildman–Crippen MR) is 145 cm³/mol. The average molecular weight is 527 g/mol. The molecule has 0 spiro atoms. The Morgan fingerprint density at radius 3 is 2.42 bits per heavy atom. The molecule has 0 radical (unpaired) electrons. The first-order valence-electron chi connectivity index (χ1n) is 12.6. The Bertz CT molecular complexity index is 1210. The number of halogens is 1. The lowest BCUT2D eigenvalue weighted by Gasteiger charge is -2.36. The van der Waals surface area contributed by atoms with Crippen molar-refractivity contribution in [1.82, 2.24) is 14.1 Å². The minimum absolute atomic E-state index is 0.0571. The van der Waals surface area contributed by atoms with E-state index in [2.05, 4.69) is 10.00 Å². The van der Waals surface area contributed by atoms with Crippen molar-refractivity contribution in [2.45, 2.75) is 38.2 Å². The van der Waals surface area contributed by atoms with Crippen LogP contribution in [0.1, 0.15) is 31.2 Å². The zero-order valence-electron chi connectivity index (χ0n) is 20.2. The molecule has 190 valence electrons. The minimum atomic E-state index is -1.09. The molecule has 2 fully saturated rings. The van der Waals surface area contributed by atoms with Gasteiger partial charge in [-0.2, -0.15) is 9.78 Å². The number of anilines is 1. The maximum Gasteiger partial charge on any atom is 0.316 e. The van der Waals surface area contributed by atoms with E-state index >= 15 is 0 Å². The molecule has 1 aliphatic heterocycles. The molecule has 7 nitrogen and oxygen atoms in total. The van der Waals surface area contributed by atoms with Gasteiger partial charge in [0.05, 0.1) is 31.1 Å². The van der Waals surface area contributed by atoms with Crippen LogP contribution in [0.25, 0.3) is 5.69 Å². The summed E-state index contributed by atoms with van der Waals surface area (Å²) < 4.78 is 22.7. The minimum Gasteiger partial charge on any atom is -0.598 e. The molecule has 1 aromatic heterocycles. The van der Waals surface area contributed by atoms with Gasteiger partial charge in [-0.3, -0.25) is 4.79 Å². The average Bonchev–Trinajstić information content (AvgIpc) is 3.43. The lowest BCUT2D eigenvalue weighted by atomic mass is 10.2. The quantitative estimate of drug-likeness (QED) is 0.409. The van der Waals surface area contributed by atoms with Crippen molar-refractivity contribution in [3.8, 4) is 11.4 Å². The number of aromatic nitrogens is 2. The van der Waals surface area contributed by atoms with E-state index in [1.54, 1.807) is 6.20 Å². The lowest BCUT2D eigenvalue weighted by Crippen LogP contribution is -2.50. The van der Waals surface area contributed by atoms with Gasteiger partial charge >= 0.3 is 5.56 Å². The second-order valence-electron chi connectivity index (χ2n) is 9.22. The summed E-state index contributed by atoms with van der Waals surface area (Å²) in [5, 5.41) is 5.20. The SMILES string of the molecule is O=c1c(OC2CCCC2)c(N2CCN([S+]([O-])CCc3ccccc3Cl)CC2)cnn1-c1ccccc1. The van der Waals surface area contributed by atoms with Gasteiger partial charge in [0, 0.05) is 35.9 Å². The molecule has 0 N–H and O–H groups in total. The van der Waals surface area contributed by atoms with Crippen LogP contribution in [-0.2, 0) is 17.8 Å². The number of hydrogen-bond donors (Lipinski definition) is 0. The first-order chi connectivity index (χ1) is 17.6. The van der Waals surface area contributed by atoms with Crippen molar-refractivity contribution in [2.24, 2.45) is 0 Å². The summed E-state index contributed by atoms with van der Waals surface area (Å²) in [6.07, 6.45) is 6.64. The third-order valence-corrected chi connectivity index (χ3v) is 8.74. The summed E-state index contributed by atoms with van der Waals surface area (Å²) in [6.45, 7) is 2.57. The molecular weight excluding hydrogens is 496 g/mol. The second-order valence-corrected chi connectivity index (χ2v) is 11.2. The van der Waals surface area contributed by atoms with Gasteiger partial charge in [0.1, 0.15) is 11.4 Å². The molecular formula is C27H31ClN4O3S. The molecule has 2 aromatic carbocycles. The highest BCUT2D eigenvalue weighted by atomic mass is 35.5. The largest absolute Gasteiger partial charge is 0.598 e. The Balaban J connectivity index is 1.29. The Hall–Kier alpha value is -2.52. The van der Waals surface area contributed by atoms with Crippen LogP contribution in [0.5, 0.6) is 5.75 Å². The predicted octanol–water partition coefficient (Wildman–Crippen LogP) is 4.24. The fourth-order valence-electron chi connectivity index (χ4n) is 4.85. The molecule has 2 aliphatic rings. The summed E-state index contributed by atoms with van der Waals surface area (Å²) in [5.41, 5.74) is 2.21. The molecule has 1 aliphatic carbocycles. The van der Waals surface area contributed by atoms with Crippen molar-refractivity contribution in [1.29, 1.82) is 0 Å². The number of ether oxygens (including phenoxy) is 1. The molecule has 0 amide bonds. The standard InChI is InChI=1S/C27H31ClN4O3S/c28-24-13-7-4-8-21(24)14-19-36(34)31-17-15-30(16-18-31)25-20-29-32(22-9-2-1-3-10-22)27(33)26(25)35-23-11-5-6-12-23/h1-4,7-10,13,20,23H,5-6,11-12,14-19H2. The zero-order chi connectivity index (χ0) is 24.9. The molecule has 1 saturated heterocycles. The van der Waals surface area contributed by atoms with E-state index in [9.17, 15) is 9.35 Å². The normalized spacial score (nSPS) is 17.9. The molecule has 0 bridgehead atoms. The molecule has 36 heavy (non-hydrogen) atoms. The van der Waals surface area contributed by atoms with Crippen molar-refractivity contribution in [2.75, 3.05) is 36.8 Å². The van der Waals surface area contributed by atoms with Crippen LogP contribution in [0.3, 0.4) is 0 Å². The van der Waals surface area contributed by atoms with E-state index in [0.717, 1.165) is 36.9 Å². The molecule has 9 heteroatoms. The van der Waals surface area contributed by atoms with Gasteiger partial charge in [-0.15, -0.1) is 4.31 Å².